The molecule has 0 bridgehead atoms. The first kappa shape index (κ1) is 11.9. The normalized spacial score (nSPS) is 10.3. The lowest BCUT2D eigenvalue weighted by Gasteiger charge is -2.16. The molecule has 0 spiro atoms. The van der Waals surface area contributed by atoms with Crippen molar-refractivity contribution in [1.82, 2.24) is 20.1 Å². The van der Waals surface area contributed by atoms with Crippen molar-refractivity contribution in [2.75, 3.05) is 7.05 Å². The van der Waals surface area contributed by atoms with Crippen LogP contribution in [0.2, 0.25) is 0 Å². The first-order valence-electron chi connectivity index (χ1n) is 5.20. The molecule has 2 aromatic rings. The third-order valence-electron chi connectivity index (χ3n) is 2.43. The number of phenols is 2. The number of hydrogen-bond donors (Lipinski definition) is 3. The van der Waals surface area contributed by atoms with Crippen molar-refractivity contribution in [1.29, 1.82) is 0 Å². The van der Waals surface area contributed by atoms with E-state index < -0.39 is 5.91 Å². The molecular formula is C11H12N4O3. The Bertz CT molecular complexity index is 533. The van der Waals surface area contributed by atoms with E-state index in [9.17, 15) is 15.0 Å². The third kappa shape index (κ3) is 2.24. The number of benzene rings is 1. The zero-order valence-electron chi connectivity index (χ0n) is 9.66. The summed E-state index contributed by atoms with van der Waals surface area (Å²) in [7, 11) is 1.54. The summed E-state index contributed by atoms with van der Waals surface area (Å²) in [5.41, 5.74) is -0.125. The van der Waals surface area contributed by atoms with Gasteiger partial charge >= 0.3 is 0 Å². The molecule has 1 heterocycles. The molecule has 2 rings (SSSR count). The molecule has 0 unspecified atom stereocenters. The number of carbonyl (C=O) groups excluding carboxylic acids is 1. The quantitative estimate of drug-likeness (QED) is 0.733. The summed E-state index contributed by atoms with van der Waals surface area (Å²) < 4.78 is 0. The molecule has 1 aromatic carbocycles. The molecule has 94 valence electrons. The number of nitrogens with one attached hydrogen (secondary N) is 1. The Labute approximate surface area is 103 Å². The fourth-order valence-corrected chi connectivity index (χ4v) is 1.54. The van der Waals surface area contributed by atoms with Crippen LogP contribution in [-0.4, -0.2) is 43.2 Å². The van der Waals surface area contributed by atoms with Gasteiger partial charge in [0.05, 0.1) is 6.54 Å². The van der Waals surface area contributed by atoms with Gasteiger partial charge in [0, 0.05) is 7.05 Å². The van der Waals surface area contributed by atoms with E-state index in [-0.39, 0.29) is 23.6 Å². The van der Waals surface area contributed by atoms with E-state index in [0.717, 1.165) is 0 Å². The second-order valence-corrected chi connectivity index (χ2v) is 3.76. The van der Waals surface area contributed by atoms with E-state index in [2.05, 4.69) is 15.2 Å². The number of aromatic hydroxyl groups is 2. The average Bonchev–Trinajstić information content (AvgIpc) is 2.81. The molecule has 0 saturated carbocycles. The molecule has 0 aliphatic rings. The maximum Gasteiger partial charge on any atom is 0.261 e. The lowest BCUT2D eigenvalue weighted by Crippen LogP contribution is -2.26. The van der Waals surface area contributed by atoms with Crippen LogP contribution in [0.1, 0.15) is 16.2 Å². The number of aromatic amines is 1. The molecule has 18 heavy (non-hydrogen) atoms. The van der Waals surface area contributed by atoms with Crippen molar-refractivity contribution in [2.45, 2.75) is 6.54 Å². The zero-order chi connectivity index (χ0) is 13.1. The maximum atomic E-state index is 12.1. The van der Waals surface area contributed by atoms with Crippen LogP contribution in [-0.2, 0) is 6.54 Å². The molecule has 3 N–H and O–H groups in total. The van der Waals surface area contributed by atoms with E-state index in [1.54, 1.807) is 0 Å². The highest BCUT2D eigenvalue weighted by molar-refractivity contribution is 5.99. The van der Waals surface area contributed by atoms with E-state index in [4.69, 9.17) is 0 Å². The Kier molecular flexibility index (Phi) is 3.13. The molecule has 0 saturated heterocycles. The fraction of sp³-hybridized carbons (Fsp3) is 0.182. The summed E-state index contributed by atoms with van der Waals surface area (Å²) in [6.45, 7) is 0.201. The van der Waals surface area contributed by atoms with Crippen molar-refractivity contribution in [2.24, 2.45) is 0 Å². The highest BCUT2D eigenvalue weighted by atomic mass is 16.3. The van der Waals surface area contributed by atoms with Crippen LogP contribution < -0.4 is 0 Å². The highest BCUT2D eigenvalue weighted by Gasteiger charge is 2.20. The molecule has 0 radical (unpaired) electrons. The number of H-pyrrole nitrogens is 1. The van der Waals surface area contributed by atoms with Crippen LogP contribution in [0, 0.1) is 0 Å². The number of aromatic nitrogens is 3. The maximum absolute atomic E-state index is 12.1. The Morgan fingerprint density at radius 2 is 2.06 bits per heavy atom. The zero-order valence-corrected chi connectivity index (χ0v) is 9.66. The Hall–Kier alpha value is -2.57. The minimum atomic E-state index is -0.498. The van der Waals surface area contributed by atoms with Crippen LogP contribution >= 0.6 is 0 Å². The molecule has 7 heteroatoms. The van der Waals surface area contributed by atoms with Gasteiger partial charge in [-0.1, -0.05) is 6.07 Å². The Morgan fingerprint density at radius 3 is 2.61 bits per heavy atom. The molecule has 0 aliphatic heterocycles. The van der Waals surface area contributed by atoms with E-state index in [1.807, 2.05) is 0 Å². The van der Waals surface area contributed by atoms with Crippen molar-refractivity contribution in [3.8, 4) is 11.5 Å². The third-order valence-corrected chi connectivity index (χ3v) is 2.43. The number of hydrogen-bond acceptors (Lipinski definition) is 5. The molecule has 7 nitrogen and oxygen atoms in total. The summed E-state index contributed by atoms with van der Waals surface area (Å²) in [4.78, 5) is 17.3. The lowest BCUT2D eigenvalue weighted by molar-refractivity contribution is 0.0775. The van der Waals surface area contributed by atoms with Crippen LogP contribution in [0.5, 0.6) is 11.5 Å². The largest absolute Gasteiger partial charge is 0.507 e. The molecular weight excluding hydrogens is 236 g/mol. The van der Waals surface area contributed by atoms with Gasteiger partial charge in [0.25, 0.3) is 5.91 Å². The predicted molar refractivity (Wildman–Crippen MR) is 62.0 cm³/mol. The van der Waals surface area contributed by atoms with Crippen LogP contribution in [0.15, 0.2) is 24.5 Å². The van der Waals surface area contributed by atoms with Gasteiger partial charge in [-0.15, -0.1) is 0 Å². The van der Waals surface area contributed by atoms with Gasteiger partial charge in [-0.05, 0) is 12.1 Å². The first-order valence-corrected chi connectivity index (χ1v) is 5.20. The summed E-state index contributed by atoms with van der Waals surface area (Å²) >= 11 is 0. The van der Waals surface area contributed by atoms with Gasteiger partial charge in [0.1, 0.15) is 29.2 Å². The number of rotatable bonds is 3. The van der Waals surface area contributed by atoms with Crippen LogP contribution in [0.4, 0.5) is 0 Å². The predicted octanol–water partition coefficient (Wildman–Crippen LogP) is 0.488. The van der Waals surface area contributed by atoms with Gasteiger partial charge in [0.15, 0.2) is 0 Å². The van der Waals surface area contributed by atoms with Crippen LogP contribution in [0.3, 0.4) is 0 Å². The second-order valence-electron chi connectivity index (χ2n) is 3.76. The van der Waals surface area contributed by atoms with E-state index in [1.165, 1.54) is 36.5 Å². The van der Waals surface area contributed by atoms with Gasteiger partial charge in [-0.3, -0.25) is 9.89 Å². The smallest absolute Gasteiger partial charge is 0.261 e. The second kappa shape index (κ2) is 4.74. The Balaban J connectivity index is 2.21. The summed E-state index contributed by atoms with van der Waals surface area (Å²) in [6, 6.07) is 4.14. The minimum absolute atomic E-state index is 0.125. The van der Waals surface area contributed by atoms with Gasteiger partial charge in [-0.2, -0.15) is 5.10 Å². The van der Waals surface area contributed by atoms with Crippen LogP contribution in [0.25, 0.3) is 0 Å². The van der Waals surface area contributed by atoms with Crippen molar-refractivity contribution >= 4 is 5.91 Å². The monoisotopic (exact) mass is 248 g/mol. The lowest BCUT2D eigenvalue weighted by atomic mass is 10.1. The van der Waals surface area contributed by atoms with Crippen molar-refractivity contribution in [3.63, 3.8) is 0 Å². The number of nitrogens with zero attached hydrogens (tertiary/aromatic N) is 3. The standard InChI is InChI=1S/C11H12N4O3/c1-15(5-9-12-6-13-14-9)11(18)10-7(16)3-2-4-8(10)17/h2-4,6,16-17H,5H2,1H3,(H,12,13,14). The SMILES string of the molecule is CN(Cc1ncn[nH]1)C(=O)c1c(O)cccc1O. The van der Waals surface area contributed by atoms with E-state index in [0.29, 0.717) is 5.82 Å². The molecule has 0 fully saturated rings. The fourth-order valence-electron chi connectivity index (χ4n) is 1.54. The molecule has 0 atom stereocenters. The van der Waals surface area contributed by atoms with Gasteiger partial charge < -0.3 is 15.1 Å². The van der Waals surface area contributed by atoms with Crippen molar-refractivity contribution < 1.29 is 15.0 Å². The summed E-state index contributed by atoms with van der Waals surface area (Å²) in [5, 5.41) is 25.5. The number of phenolic OH excluding ortho intramolecular Hbond substituents is 2. The molecule has 1 aromatic heterocycles. The van der Waals surface area contributed by atoms with E-state index >= 15 is 0 Å². The van der Waals surface area contributed by atoms with Crippen molar-refractivity contribution in [3.05, 3.63) is 35.9 Å². The highest BCUT2D eigenvalue weighted by Crippen LogP contribution is 2.27. The number of amides is 1. The minimum Gasteiger partial charge on any atom is -0.507 e. The molecule has 1 amide bonds. The first-order chi connectivity index (χ1) is 8.59. The van der Waals surface area contributed by atoms with Gasteiger partial charge in [-0.25, -0.2) is 4.98 Å². The average molecular weight is 248 g/mol. The van der Waals surface area contributed by atoms with Gasteiger partial charge in [0.2, 0.25) is 0 Å². The molecule has 0 aliphatic carbocycles. The Morgan fingerprint density at radius 1 is 1.39 bits per heavy atom. The summed E-state index contributed by atoms with van der Waals surface area (Å²) in [5.74, 6) is -0.503. The summed E-state index contributed by atoms with van der Waals surface area (Å²) in [6.07, 6.45) is 1.34. The number of carbonyl (C=O) groups is 1. The topological polar surface area (TPSA) is 102 Å².